The molecule has 0 radical (unpaired) electrons. The first-order chi connectivity index (χ1) is 4.91. The van der Waals surface area contributed by atoms with Crippen LogP contribution in [0.4, 0.5) is 0 Å². The number of hydrogen-bond donors (Lipinski definition) is 0. The highest BCUT2D eigenvalue weighted by Crippen LogP contribution is 1.59. The first-order valence-electron chi connectivity index (χ1n) is 2.48. The second-order valence-electron chi connectivity index (χ2n) is 1.13. The molecule has 1 heteroatoms. The third-order valence-corrected chi connectivity index (χ3v) is 0.490. The fourth-order valence-electron chi connectivity index (χ4n) is 0.214. The van der Waals surface area contributed by atoms with Crippen LogP contribution in [-0.2, 0) is 0 Å². The molecule has 0 unspecified atom stereocenters. The van der Waals surface area contributed by atoms with E-state index in [9.17, 15) is 0 Å². The average Bonchev–Trinajstić information content (AvgIpc) is 1.97. The highest BCUT2D eigenvalue weighted by Gasteiger charge is 1.45. The topological polar surface area (TPSA) is 12.4 Å². The van der Waals surface area contributed by atoms with Crippen molar-refractivity contribution in [3.05, 3.63) is 48.0 Å². The van der Waals surface area contributed by atoms with E-state index in [-0.39, 0.29) is 0 Å². The van der Waals surface area contributed by atoms with Gasteiger partial charge < -0.3 is 0 Å². The molecule has 0 aromatic carbocycles. The van der Waals surface area contributed by atoms with Gasteiger partial charge in [-0.3, -0.25) is 0 Å². The lowest BCUT2D eigenvalue weighted by atomic mass is 10.7. The summed E-state index contributed by atoms with van der Waals surface area (Å²) < 4.78 is 0. The van der Waals surface area contributed by atoms with Crippen LogP contribution in [0.1, 0.15) is 0 Å². The minimum absolute atomic E-state index is 1.37. The van der Waals surface area contributed by atoms with Gasteiger partial charge in [0, 0.05) is 17.3 Å². The Morgan fingerprint density at radius 3 is 2.50 bits per heavy atom. The maximum atomic E-state index is 3.55. The van der Waals surface area contributed by atoms with Gasteiger partial charge in [-0.1, -0.05) is 12.3 Å². The lowest BCUT2D eigenvalue weighted by molar-refractivity contribution is 1.63. The zero-order chi connectivity index (χ0) is 7.66. The molecule has 0 fully saturated rings. The Morgan fingerprint density at radius 1 is 1.10 bits per heavy atom. The molecule has 0 saturated carbocycles. The Labute approximate surface area is 59.7 Å². The van der Waals surface area contributed by atoms with Gasteiger partial charge in [-0.25, -0.2) is 0 Å². The summed E-state index contributed by atoms with van der Waals surface area (Å²) in [5.41, 5.74) is 12.1. The molecule has 0 rings (SSSR count). The van der Waals surface area contributed by atoms with Gasteiger partial charge in [0.05, 0.1) is 6.20 Å². The van der Waals surface area contributed by atoms with Crippen LogP contribution in [0.2, 0.25) is 0 Å². The van der Waals surface area contributed by atoms with Crippen molar-refractivity contribution in [2.24, 2.45) is 4.99 Å². The van der Waals surface area contributed by atoms with E-state index >= 15 is 0 Å². The molecule has 0 aromatic rings. The predicted molar refractivity (Wildman–Crippen MR) is 40.8 cm³/mol. The molecule has 0 N–H and O–H groups in total. The van der Waals surface area contributed by atoms with Crippen molar-refractivity contribution in [1.29, 1.82) is 0 Å². The van der Waals surface area contributed by atoms with E-state index in [1.807, 2.05) is 0 Å². The van der Waals surface area contributed by atoms with Crippen molar-refractivity contribution in [3.63, 3.8) is 0 Å². The van der Waals surface area contributed by atoms with Crippen LogP contribution >= 0.6 is 0 Å². The third kappa shape index (κ3) is 6.09. The molecule has 0 aliphatic heterocycles. The van der Waals surface area contributed by atoms with Crippen molar-refractivity contribution >= 4 is 5.87 Å². The van der Waals surface area contributed by atoms with E-state index < -0.39 is 0 Å². The summed E-state index contributed by atoms with van der Waals surface area (Å²) >= 11 is 0. The predicted octanol–water partition coefficient (Wildman–Crippen LogP) is 1.76. The number of aliphatic imine (C=N–C) groups is 1. The second kappa shape index (κ2) is 7.09. The van der Waals surface area contributed by atoms with Crippen molar-refractivity contribution in [1.82, 2.24) is 0 Å². The first kappa shape index (κ1) is 8.09. The van der Waals surface area contributed by atoms with Gasteiger partial charge >= 0.3 is 0 Å². The van der Waals surface area contributed by atoms with Gasteiger partial charge in [0.1, 0.15) is 0 Å². The van der Waals surface area contributed by atoms with Crippen LogP contribution < -0.4 is 0 Å². The van der Waals surface area contributed by atoms with Crippen LogP contribution in [-0.4, -0.2) is 5.87 Å². The van der Waals surface area contributed by atoms with Crippen molar-refractivity contribution in [2.45, 2.75) is 0 Å². The Morgan fingerprint density at radius 2 is 1.90 bits per heavy atom. The minimum Gasteiger partial charge on any atom is -0.197 e. The summed E-state index contributed by atoms with van der Waals surface area (Å²) in [6.07, 6.45) is 1.37. The van der Waals surface area contributed by atoms with Gasteiger partial charge in [-0.2, -0.15) is 4.99 Å². The highest BCUT2D eigenvalue weighted by molar-refractivity contribution is 5.50. The van der Waals surface area contributed by atoms with Crippen LogP contribution in [0.25, 0.3) is 0 Å². The van der Waals surface area contributed by atoms with Gasteiger partial charge in [0.2, 0.25) is 0 Å². The maximum absolute atomic E-state index is 3.55. The van der Waals surface area contributed by atoms with Crippen molar-refractivity contribution in [3.8, 4) is 0 Å². The van der Waals surface area contributed by atoms with Crippen LogP contribution in [0, 0.1) is 0 Å². The lowest BCUT2D eigenvalue weighted by Crippen LogP contribution is -1.41. The molecule has 10 heavy (non-hydrogen) atoms. The van der Waals surface area contributed by atoms with Gasteiger partial charge in [0.25, 0.3) is 0 Å². The molecule has 0 heterocycles. The summed E-state index contributed by atoms with van der Waals surface area (Å²) in [5, 5.41) is 0. The van der Waals surface area contributed by atoms with Crippen LogP contribution in [0.15, 0.2) is 53.0 Å². The van der Waals surface area contributed by atoms with E-state index in [1.165, 1.54) is 6.20 Å². The molecule has 46 valence electrons. The van der Waals surface area contributed by atoms with E-state index in [0.29, 0.717) is 0 Å². The monoisotopic (exact) mass is 127 g/mol. The molecule has 0 aromatic heterocycles. The molecular weight excluding hydrogens is 122 g/mol. The van der Waals surface area contributed by atoms with Gasteiger partial charge in [-0.05, 0) is 12.3 Å². The van der Waals surface area contributed by atoms with Gasteiger partial charge in [-0.15, -0.1) is 5.73 Å². The minimum atomic E-state index is 1.37. The van der Waals surface area contributed by atoms with Gasteiger partial charge in [0.15, 0.2) is 0 Å². The molecule has 0 aliphatic rings. The highest BCUT2D eigenvalue weighted by atomic mass is 14.6. The first-order valence-corrected chi connectivity index (χ1v) is 2.48. The summed E-state index contributed by atoms with van der Waals surface area (Å²) in [4.78, 5) is 3.55. The Kier molecular flexibility index (Phi) is 5.74. The number of rotatable bonds is 1. The molecule has 0 aliphatic carbocycles. The zero-order valence-corrected chi connectivity index (χ0v) is 5.44. The molecule has 0 bridgehead atoms. The molecule has 0 saturated heterocycles. The van der Waals surface area contributed by atoms with Crippen LogP contribution in [0.3, 0.4) is 0 Å². The number of nitrogens with zero attached hydrogens (tertiary/aromatic N) is 1. The summed E-state index contributed by atoms with van der Waals surface area (Å²) in [7, 11) is 0. The summed E-state index contributed by atoms with van der Waals surface area (Å²) in [6.45, 7) is 6.56. The Bertz CT molecular complexity index is 325. The lowest BCUT2D eigenvalue weighted by Gasteiger charge is -1.52. The van der Waals surface area contributed by atoms with E-state index in [2.05, 4.69) is 52.7 Å². The SMILES string of the molecule is C=C=C=C=C=C=NC=C=C. The molecule has 0 spiro atoms. The van der Waals surface area contributed by atoms with E-state index in [0.717, 1.165) is 0 Å². The van der Waals surface area contributed by atoms with Crippen molar-refractivity contribution < 1.29 is 0 Å². The summed E-state index contributed by atoms with van der Waals surface area (Å²) in [5.74, 6) is 2.40. The fraction of sp³-hybridized carbons (Fsp3) is 0. The second-order valence-corrected chi connectivity index (χ2v) is 1.13. The van der Waals surface area contributed by atoms with Crippen LogP contribution in [0.5, 0.6) is 0 Å². The molecule has 1 nitrogen and oxygen atoms in total. The molecule has 0 amide bonds. The Balaban J connectivity index is 4.70. The normalized spacial score (nSPS) is 4.40. The van der Waals surface area contributed by atoms with E-state index in [1.54, 1.807) is 0 Å². The average molecular weight is 127 g/mol. The maximum Gasteiger partial charge on any atom is 0.0788 e. The standard InChI is InChI=1S/C9H5N/c1-3-5-6-7-9-10-8-4-2/h8H,1-2H2. The Hall–Kier alpha value is -1.91. The molecular formula is C9H5N. The smallest absolute Gasteiger partial charge is 0.0788 e. The summed E-state index contributed by atoms with van der Waals surface area (Å²) in [6, 6.07) is 0. The van der Waals surface area contributed by atoms with E-state index in [4.69, 9.17) is 0 Å². The van der Waals surface area contributed by atoms with Crippen molar-refractivity contribution in [2.75, 3.05) is 0 Å². The third-order valence-electron chi connectivity index (χ3n) is 0.490. The largest absolute Gasteiger partial charge is 0.197 e. The fourth-order valence-corrected chi connectivity index (χ4v) is 0.214. The zero-order valence-electron chi connectivity index (χ0n) is 5.44. The molecule has 0 atom stereocenters. The number of hydrogen-bond acceptors (Lipinski definition) is 1. The quantitative estimate of drug-likeness (QED) is 0.376.